The summed E-state index contributed by atoms with van der Waals surface area (Å²) in [5.41, 5.74) is 1.42. The zero-order valence-electron chi connectivity index (χ0n) is 14.3. The van der Waals surface area contributed by atoms with Crippen molar-refractivity contribution in [3.8, 4) is 5.69 Å². The van der Waals surface area contributed by atoms with Crippen molar-refractivity contribution in [1.82, 2.24) is 9.55 Å². The Bertz CT molecular complexity index is 1260. The summed E-state index contributed by atoms with van der Waals surface area (Å²) in [6.45, 7) is 0. The van der Waals surface area contributed by atoms with Gasteiger partial charge >= 0.3 is 51.4 Å². The van der Waals surface area contributed by atoms with E-state index in [1.165, 1.54) is 41.0 Å². The Morgan fingerprint density at radius 1 is 0.815 bits per heavy atom. The van der Waals surface area contributed by atoms with Crippen LogP contribution in [0.15, 0.2) is 87.4 Å². The van der Waals surface area contributed by atoms with E-state index in [4.69, 9.17) is 11.6 Å². The van der Waals surface area contributed by atoms with Gasteiger partial charge in [-0.05, 0) is 53.1 Å². The molecule has 0 N–H and O–H groups in total. The molecule has 0 unspecified atom stereocenters. The predicted molar refractivity (Wildman–Crippen MR) is 99.8 cm³/mol. The second kappa shape index (κ2) is 8.04. The largest absolute Gasteiger partial charge is 1.00 e. The van der Waals surface area contributed by atoms with Crippen LogP contribution in [-0.4, -0.2) is 13.0 Å². The average molecular weight is 423 g/mol. The molecular formula is C19H12ClKN2O3S. The fourth-order valence-electron chi connectivity index (χ4n) is 2.78. The molecule has 0 aliphatic heterocycles. The number of sulfone groups is 1. The van der Waals surface area contributed by atoms with Crippen molar-refractivity contribution in [2.24, 2.45) is 0 Å². The minimum atomic E-state index is -3.66. The van der Waals surface area contributed by atoms with E-state index < -0.39 is 15.5 Å². The van der Waals surface area contributed by atoms with Crippen molar-refractivity contribution < 1.29 is 59.8 Å². The molecule has 4 rings (SSSR count). The standard InChI is InChI=1S/C19H13ClN2O3S.K/c20-13-5-9-15(10-6-13)26(24,25)16-11-7-14(8-12-16)22-18-4-2-1-3-17(18)21-19(22)23;/h1-12H,(H,21,23);/q;+1/p-1. The molecule has 0 saturated carbocycles. The van der Waals surface area contributed by atoms with Crippen molar-refractivity contribution in [1.29, 1.82) is 0 Å². The maximum Gasteiger partial charge on any atom is 1.00 e. The number of para-hydroxylation sites is 2. The van der Waals surface area contributed by atoms with Gasteiger partial charge in [0.15, 0.2) is 5.69 Å². The Morgan fingerprint density at radius 3 is 2.00 bits per heavy atom. The van der Waals surface area contributed by atoms with Gasteiger partial charge in [0.2, 0.25) is 9.84 Å². The van der Waals surface area contributed by atoms with E-state index in [0.29, 0.717) is 21.7 Å². The number of rotatable bonds is 3. The zero-order chi connectivity index (χ0) is 18.3. The molecule has 3 aromatic carbocycles. The molecule has 0 bridgehead atoms. The molecule has 5 nitrogen and oxygen atoms in total. The first-order chi connectivity index (χ1) is 12.5. The SMILES string of the molecule is O=c1[n-]c2ccccc2n1-c1ccc(S(=O)(=O)c2ccc(Cl)cc2)cc1.[K+]. The van der Waals surface area contributed by atoms with E-state index in [9.17, 15) is 13.2 Å². The Morgan fingerprint density at radius 2 is 1.37 bits per heavy atom. The summed E-state index contributed by atoms with van der Waals surface area (Å²) in [7, 11) is -3.66. The van der Waals surface area contributed by atoms with Gasteiger partial charge in [0, 0.05) is 5.02 Å². The van der Waals surface area contributed by atoms with E-state index in [2.05, 4.69) is 4.98 Å². The van der Waals surface area contributed by atoms with Crippen LogP contribution >= 0.6 is 11.6 Å². The third-order valence-corrected chi connectivity index (χ3v) is 6.10. The van der Waals surface area contributed by atoms with Crippen LogP contribution in [0.25, 0.3) is 16.7 Å². The van der Waals surface area contributed by atoms with E-state index in [1.54, 1.807) is 30.3 Å². The molecule has 1 heterocycles. The third-order valence-electron chi connectivity index (χ3n) is 4.06. The molecule has 0 amide bonds. The summed E-state index contributed by atoms with van der Waals surface area (Å²) in [4.78, 5) is 16.5. The average Bonchev–Trinajstić information content (AvgIpc) is 2.98. The molecule has 0 aliphatic rings. The summed E-state index contributed by atoms with van der Waals surface area (Å²) in [6, 6.07) is 19.3. The summed E-state index contributed by atoms with van der Waals surface area (Å²) in [5, 5.41) is 0.467. The molecule has 0 spiro atoms. The fourth-order valence-corrected chi connectivity index (χ4v) is 4.16. The van der Waals surface area contributed by atoms with Gasteiger partial charge in [-0.25, -0.2) is 8.42 Å². The van der Waals surface area contributed by atoms with Gasteiger partial charge in [-0.3, -0.25) is 4.79 Å². The van der Waals surface area contributed by atoms with E-state index in [0.717, 1.165) is 0 Å². The van der Waals surface area contributed by atoms with Crippen LogP contribution in [0.5, 0.6) is 0 Å². The van der Waals surface area contributed by atoms with Gasteiger partial charge in [-0.2, -0.15) is 0 Å². The second-order valence-corrected chi connectivity index (χ2v) is 8.06. The van der Waals surface area contributed by atoms with Crippen molar-refractivity contribution in [2.75, 3.05) is 0 Å². The summed E-state index contributed by atoms with van der Waals surface area (Å²) in [6.07, 6.45) is 0. The van der Waals surface area contributed by atoms with Gasteiger partial charge < -0.3 is 9.55 Å². The molecule has 0 fully saturated rings. The minimum absolute atomic E-state index is 0. The van der Waals surface area contributed by atoms with Crippen LogP contribution in [0.4, 0.5) is 0 Å². The number of halogens is 1. The number of fused-ring (bicyclic) bond motifs is 1. The van der Waals surface area contributed by atoms with Crippen molar-refractivity contribution in [3.05, 3.63) is 88.3 Å². The maximum atomic E-state index is 12.7. The van der Waals surface area contributed by atoms with Crippen LogP contribution in [0.2, 0.25) is 5.02 Å². The molecule has 130 valence electrons. The molecule has 4 aromatic rings. The van der Waals surface area contributed by atoms with Gasteiger partial charge in [0.05, 0.1) is 9.79 Å². The summed E-state index contributed by atoms with van der Waals surface area (Å²) >= 11 is 5.82. The minimum Gasteiger partial charge on any atom is -0.400 e. The number of hydrogen-bond acceptors (Lipinski definition) is 3. The Balaban J connectivity index is 0.00000210. The van der Waals surface area contributed by atoms with E-state index in [-0.39, 0.29) is 61.2 Å². The number of imidazole rings is 1. The van der Waals surface area contributed by atoms with Crippen molar-refractivity contribution in [2.45, 2.75) is 9.79 Å². The number of benzene rings is 3. The van der Waals surface area contributed by atoms with Crippen molar-refractivity contribution in [3.63, 3.8) is 0 Å². The topological polar surface area (TPSA) is 70.2 Å². The fraction of sp³-hybridized carbons (Fsp3) is 0. The summed E-state index contributed by atoms with van der Waals surface area (Å²) in [5.74, 6) is 0. The van der Waals surface area contributed by atoms with Gasteiger partial charge in [-0.15, -0.1) is 0 Å². The Hall–Kier alpha value is -1.19. The van der Waals surface area contributed by atoms with Crippen LogP contribution in [-0.2, 0) is 9.84 Å². The number of nitrogens with zero attached hydrogens (tertiary/aromatic N) is 2. The number of hydrogen-bond donors (Lipinski definition) is 0. The van der Waals surface area contributed by atoms with Crippen LogP contribution in [0.1, 0.15) is 0 Å². The second-order valence-electron chi connectivity index (χ2n) is 5.67. The Labute approximate surface area is 203 Å². The molecule has 0 saturated heterocycles. The maximum absolute atomic E-state index is 12.7. The first-order valence-electron chi connectivity index (χ1n) is 7.72. The molecular weight excluding hydrogens is 411 g/mol. The quantitative estimate of drug-likeness (QED) is 0.449. The van der Waals surface area contributed by atoms with Crippen LogP contribution in [0.3, 0.4) is 0 Å². The Kier molecular flexibility index (Phi) is 6.12. The molecule has 0 aliphatic carbocycles. The molecule has 0 radical (unpaired) electrons. The first-order valence-corrected chi connectivity index (χ1v) is 9.58. The van der Waals surface area contributed by atoms with Crippen molar-refractivity contribution >= 4 is 32.5 Å². The number of aromatic nitrogens is 2. The predicted octanol–water partition coefficient (Wildman–Crippen LogP) is 0.438. The molecule has 0 atom stereocenters. The van der Waals surface area contributed by atoms with Crippen LogP contribution in [0, 0.1) is 0 Å². The first kappa shape index (κ1) is 20.5. The van der Waals surface area contributed by atoms with Crippen LogP contribution < -0.4 is 62.1 Å². The van der Waals surface area contributed by atoms with Gasteiger partial charge in [-0.1, -0.05) is 48.0 Å². The smallest absolute Gasteiger partial charge is 0.400 e. The normalized spacial score (nSPS) is 11.3. The molecule has 27 heavy (non-hydrogen) atoms. The van der Waals surface area contributed by atoms with E-state index in [1.807, 2.05) is 6.07 Å². The van der Waals surface area contributed by atoms with Gasteiger partial charge in [0.1, 0.15) is 0 Å². The van der Waals surface area contributed by atoms with E-state index >= 15 is 0 Å². The summed E-state index contributed by atoms with van der Waals surface area (Å²) < 4.78 is 26.8. The monoisotopic (exact) mass is 422 g/mol. The molecule has 8 heteroatoms. The van der Waals surface area contributed by atoms with Gasteiger partial charge in [0.25, 0.3) is 0 Å². The zero-order valence-corrected chi connectivity index (χ0v) is 19.0. The molecule has 1 aromatic heterocycles. The third kappa shape index (κ3) is 3.86.